The molecule has 0 spiro atoms. The molecule has 4 rings (SSSR count). The molecule has 2 aromatic carbocycles. The van der Waals surface area contributed by atoms with Crippen LogP contribution in [0.15, 0.2) is 48.5 Å². The number of benzene rings is 2. The summed E-state index contributed by atoms with van der Waals surface area (Å²) < 4.78 is 0. The van der Waals surface area contributed by atoms with Crippen molar-refractivity contribution in [2.24, 2.45) is 0 Å². The molecule has 1 saturated heterocycles. The minimum Gasteiger partial charge on any atom is -0.336 e. The third-order valence-corrected chi connectivity index (χ3v) is 4.30. The molecule has 0 radical (unpaired) electrons. The van der Waals surface area contributed by atoms with Crippen LogP contribution >= 0.6 is 0 Å². The largest absolute Gasteiger partial charge is 0.336 e. The molecular weight excluding hydrogens is 306 g/mol. The van der Waals surface area contributed by atoms with Crippen LogP contribution in [0, 0.1) is 0 Å². The third-order valence-electron chi connectivity index (χ3n) is 4.30. The van der Waals surface area contributed by atoms with E-state index in [-0.39, 0.29) is 24.3 Å². The van der Waals surface area contributed by atoms with Gasteiger partial charge in [-0.1, -0.05) is 24.3 Å². The Morgan fingerprint density at radius 3 is 2.50 bits per heavy atom. The first-order chi connectivity index (χ1) is 11.6. The molecule has 1 N–H and O–H groups in total. The van der Waals surface area contributed by atoms with Gasteiger partial charge >= 0.3 is 6.03 Å². The van der Waals surface area contributed by atoms with E-state index < -0.39 is 0 Å². The molecule has 6 nitrogen and oxygen atoms in total. The molecular formula is C18H15N3O3. The highest BCUT2D eigenvalue weighted by molar-refractivity contribution is 6.24. The Labute approximate surface area is 138 Å². The number of anilines is 2. The maximum atomic E-state index is 12.7. The maximum Gasteiger partial charge on any atom is 0.321 e. The van der Waals surface area contributed by atoms with E-state index in [0.717, 1.165) is 5.56 Å². The highest BCUT2D eigenvalue weighted by Crippen LogP contribution is 2.29. The van der Waals surface area contributed by atoms with Gasteiger partial charge in [0.15, 0.2) is 0 Å². The summed E-state index contributed by atoms with van der Waals surface area (Å²) in [5.74, 6) is -0.591. The first-order valence-electron chi connectivity index (χ1n) is 7.76. The van der Waals surface area contributed by atoms with Gasteiger partial charge in [0.25, 0.3) is 5.91 Å². The molecule has 24 heavy (non-hydrogen) atoms. The monoisotopic (exact) mass is 321 g/mol. The van der Waals surface area contributed by atoms with Crippen molar-refractivity contribution in [2.45, 2.75) is 6.42 Å². The Balaban J connectivity index is 1.73. The van der Waals surface area contributed by atoms with E-state index in [1.807, 2.05) is 6.07 Å². The van der Waals surface area contributed by atoms with Gasteiger partial charge in [-0.15, -0.1) is 0 Å². The second-order valence-electron chi connectivity index (χ2n) is 5.77. The molecule has 0 atom stereocenters. The lowest BCUT2D eigenvalue weighted by Crippen LogP contribution is -2.42. The average Bonchev–Trinajstić information content (AvgIpc) is 3.01. The smallest absolute Gasteiger partial charge is 0.321 e. The second-order valence-corrected chi connectivity index (χ2v) is 5.77. The van der Waals surface area contributed by atoms with Gasteiger partial charge in [0, 0.05) is 24.3 Å². The summed E-state index contributed by atoms with van der Waals surface area (Å²) in [6, 6.07) is 13.9. The third kappa shape index (κ3) is 2.23. The molecule has 6 heteroatoms. The zero-order chi connectivity index (χ0) is 16.7. The Morgan fingerprint density at radius 2 is 1.71 bits per heavy atom. The van der Waals surface area contributed by atoms with Crippen molar-refractivity contribution in [3.8, 4) is 0 Å². The normalized spacial score (nSPS) is 17.1. The van der Waals surface area contributed by atoms with Gasteiger partial charge in [-0.25, -0.2) is 9.69 Å². The predicted molar refractivity (Wildman–Crippen MR) is 89.1 cm³/mol. The number of rotatable bonds is 2. The van der Waals surface area contributed by atoms with E-state index in [0.29, 0.717) is 30.0 Å². The first kappa shape index (κ1) is 14.4. The van der Waals surface area contributed by atoms with Crippen LogP contribution in [-0.4, -0.2) is 30.9 Å². The van der Waals surface area contributed by atoms with Crippen LogP contribution in [0.3, 0.4) is 0 Å². The van der Waals surface area contributed by atoms with Crippen molar-refractivity contribution >= 4 is 29.2 Å². The molecule has 2 heterocycles. The summed E-state index contributed by atoms with van der Waals surface area (Å²) in [5.41, 5.74) is 2.44. The number of carbonyl (C=O) groups excluding carboxylic acids is 3. The molecule has 0 bridgehead atoms. The molecule has 0 unspecified atom stereocenters. The predicted octanol–water partition coefficient (Wildman–Crippen LogP) is 1.95. The summed E-state index contributed by atoms with van der Waals surface area (Å²) >= 11 is 0. The van der Waals surface area contributed by atoms with E-state index in [4.69, 9.17) is 0 Å². The molecule has 2 aromatic rings. The van der Waals surface area contributed by atoms with Crippen molar-refractivity contribution in [2.75, 3.05) is 22.9 Å². The quantitative estimate of drug-likeness (QED) is 0.860. The molecule has 4 amide bonds. The zero-order valence-electron chi connectivity index (χ0n) is 12.9. The van der Waals surface area contributed by atoms with Gasteiger partial charge in [0.1, 0.15) is 0 Å². The Morgan fingerprint density at radius 1 is 0.917 bits per heavy atom. The zero-order valence-corrected chi connectivity index (χ0v) is 12.9. The van der Waals surface area contributed by atoms with Crippen molar-refractivity contribution < 1.29 is 14.4 Å². The summed E-state index contributed by atoms with van der Waals surface area (Å²) in [6.45, 7) is 1.14. The second kappa shape index (κ2) is 5.49. The number of fused-ring (bicyclic) bond motifs is 1. The van der Waals surface area contributed by atoms with Gasteiger partial charge in [-0.05, 0) is 29.8 Å². The summed E-state index contributed by atoms with van der Waals surface area (Å²) in [7, 11) is 0. The lowest BCUT2D eigenvalue weighted by molar-refractivity contribution is -0.117. The van der Waals surface area contributed by atoms with E-state index in [2.05, 4.69) is 5.32 Å². The van der Waals surface area contributed by atoms with Crippen LogP contribution in [-0.2, 0) is 11.2 Å². The minimum absolute atomic E-state index is 0.172. The fourth-order valence-electron chi connectivity index (χ4n) is 3.14. The number of carbonyl (C=O) groups is 3. The molecule has 0 saturated carbocycles. The van der Waals surface area contributed by atoms with Gasteiger partial charge in [-0.2, -0.15) is 0 Å². The highest BCUT2D eigenvalue weighted by atomic mass is 16.2. The van der Waals surface area contributed by atoms with Crippen LogP contribution in [0.1, 0.15) is 15.9 Å². The van der Waals surface area contributed by atoms with E-state index >= 15 is 0 Å². The number of nitrogens with zero attached hydrogens (tertiary/aromatic N) is 2. The number of imide groups is 1. The van der Waals surface area contributed by atoms with E-state index in [1.54, 1.807) is 47.4 Å². The molecule has 1 fully saturated rings. The summed E-state index contributed by atoms with van der Waals surface area (Å²) in [4.78, 5) is 39.8. The van der Waals surface area contributed by atoms with Gasteiger partial charge in [-0.3, -0.25) is 14.5 Å². The Kier molecular flexibility index (Phi) is 3.30. The van der Waals surface area contributed by atoms with Crippen molar-refractivity contribution in [1.29, 1.82) is 0 Å². The fraction of sp³-hybridized carbons (Fsp3) is 0.167. The SMILES string of the molecule is O=C1NCCN1c1cccc(N2C(=O)Cc3ccccc3C2=O)c1. The lowest BCUT2D eigenvalue weighted by Gasteiger charge is -2.27. The molecule has 0 aromatic heterocycles. The number of amides is 4. The molecule has 2 aliphatic rings. The number of hydrogen-bond acceptors (Lipinski definition) is 3. The van der Waals surface area contributed by atoms with E-state index in [9.17, 15) is 14.4 Å². The van der Waals surface area contributed by atoms with Crippen LogP contribution < -0.4 is 15.1 Å². The van der Waals surface area contributed by atoms with Crippen LogP contribution in [0.5, 0.6) is 0 Å². The average molecular weight is 321 g/mol. The number of nitrogens with one attached hydrogen (secondary N) is 1. The summed E-state index contributed by atoms with van der Waals surface area (Å²) in [5, 5.41) is 2.74. The topological polar surface area (TPSA) is 69.7 Å². The summed E-state index contributed by atoms with van der Waals surface area (Å²) in [6.07, 6.45) is 0.191. The number of urea groups is 1. The molecule has 120 valence electrons. The van der Waals surface area contributed by atoms with Crippen LogP contribution in [0.25, 0.3) is 0 Å². The molecule has 0 aliphatic carbocycles. The van der Waals surface area contributed by atoms with E-state index in [1.165, 1.54) is 4.90 Å². The standard InChI is InChI=1S/C18H15N3O3/c22-16-10-12-4-1-2-7-15(12)17(23)21(16)14-6-3-5-13(11-14)20-9-8-19-18(20)24/h1-7,11H,8-10H2,(H,19,24). The van der Waals surface area contributed by atoms with Crippen molar-refractivity contribution in [1.82, 2.24) is 5.32 Å². The first-order valence-corrected chi connectivity index (χ1v) is 7.76. The van der Waals surface area contributed by atoms with Gasteiger partial charge in [0.2, 0.25) is 5.91 Å². The van der Waals surface area contributed by atoms with Gasteiger partial charge in [0.05, 0.1) is 12.1 Å². The van der Waals surface area contributed by atoms with Crippen LogP contribution in [0.4, 0.5) is 16.2 Å². The van der Waals surface area contributed by atoms with Crippen LogP contribution in [0.2, 0.25) is 0 Å². The lowest BCUT2D eigenvalue weighted by atomic mass is 9.98. The number of hydrogen-bond donors (Lipinski definition) is 1. The van der Waals surface area contributed by atoms with Crippen molar-refractivity contribution in [3.05, 3.63) is 59.7 Å². The molecule has 2 aliphatic heterocycles. The maximum absolute atomic E-state index is 12.7. The minimum atomic E-state index is -0.329. The fourth-order valence-corrected chi connectivity index (χ4v) is 3.14. The highest BCUT2D eigenvalue weighted by Gasteiger charge is 2.32. The Bertz CT molecular complexity index is 862. The Hall–Kier alpha value is -3.15. The van der Waals surface area contributed by atoms with Crippen molar-refractivity contribution in [3.63, 3.8) is 0 Å². The van der Waals surface area contributed by atoms with Gasteiger partial charge < -0.3 is 5.32 Å².